The Morgan fingerprint density at radius 3 is 2.64 bits per heavy atom. The molecule has 2 aliphatic heterocycles. The minimum atomic E-state index is -2.08. The fourth-order valence-electron chi connectivity index (χ4n) is 4.72. The third-order valence-corrected chi connectivity index (χ3v) is 10.8. The van der Waals surface area contributed by atoms with Crippen LogP contribution in [0.25, 0.3) is 21.9 Å². The Labute approximate surface area is 146 Å². The predicted molar refractivity (Wildman–Crippen MR) is 99.2 cm³/mol. The summed E-state index contributed by atoms with van der Waals surface area (Å²) in [6, 6.07) is 14.5. The zero-order chi connectivity index (χ0) is 17.0. The normalized spacial score (nSPS) is 22.8. The first kappa shape index (κ1) is 14.8. The molecule has 1 atom stereocenters. The van der Waals surface area contributed by atoms with Crippen molar-refractivity contribution >= 4 is 41.4 Å². The van der Waals surface area contributed by atoms with E-state index in [-0.39, 0.29) is 17.5 Å². The number of amides is 2. The van der Waals surface area contributed by atoms with E-state index >= 15 is 0 Å². The van der Waals surface area contributed by atoms with Crippen molar-refractivity contribution in [3.05, 3.63) is 42.6 Å². The van der Waals surface area contributed by atoms with Crippen LogP contribution in [0.1, 0.15) is 18.9 Å². The van der Waals surface area contributed by atoms with Gasteiger partial charge >= 0.3 is 0 Å². The molecular formula is C19H19N3O2Si. The maximum absolute atomic E-state index is 12.8. The van der Waals surface area contributed by atoms with Crippen LogP contribution in [-0.4, -0.2) is 29.1 Å². The lowest BCUT2D eigenvalue weighted by molar-refractivity contribution is -0.122. The van der Waals surface area contributed by atoms with Gasteiger partial charge in [0.25, 0.3) is 0 Å². The van der Waals surface area contributed by atoms with Gasteiger partial charge in [0, 0.05) is 17.0 Å². The highest BCUT2D eigenvalue weighted by molar-refractivity contribution is 7.07. The molecular weight excluding hydrogens is 330 g/mol. The minimum absolute atomic E-state index is 0.0555. The molecule has 0 aliphatic carbocycles. The van der Waals surface area contributed by atoms with E-state index in [1.165, 1.54) is 0 Å². The van der Waals surface area contributed by atoms with Crippen molar-refractivity contribution in [2.45, 2.75) is 37.0 Å². The minimum Gasteiger partial charge on any atom is -0.313 e. The van der Waals surface area contributed by atoms with Crippen molar-refractivity contribution in [1.82, 2.24) is 14.9 Å². The maximum atomic E-state index is 12.8. The highest BCUT2D eigenvalue weighted by atomic mass is 28.3. The number of carbonyl (C=O) groups excluding carboxylic acids is 2. The molecule has 1 N–H and O–H groups in total. The molecule has 2 aliphatic rings. The Bertz CT molecular complexity index is 967. The smallest absolute Gasteiger partial charge is 0.249 e. The van der Waals surface area contributed by atoms with Gasteiger partial charge in [-0.1, -0.05) is 31.0 Å². The summed E-state index contributed by atoms with van der Waals surface area (Å²) in [5.74, 6) is -0.177. The number of hydrogen-bond donors (Lipinski definition) is 1. The van der Waals surface area contributed by atoms with Gasteiger partial charge in [0.05, 0.1) is 5.52 Å². The van der Waals surface area contributed by atoms with E-state index in [0.29, 0.717) is 6.04 Å². The molecule has 2 aromatic heterocycles. The Morgan fingerprint density at radius 2 is 1.80 bits per heavy atom. The molecule has 25 heavy (non-hydrogen) atoms. The number of fused-ring (bicyclic) bond motifs is 3. The van der Waals surface area contributed by atoms with E-state index in [9.17, 15) is 9.59 Å². The Hall–Kier alpha value is -2.47. The molecule has 3 aromatic rings. The van der Waals surface area contributed by atoms with Crippen molar-refractivity contribution in [1.29, 1.82) is 0 Å². The van der Waals surface area contributed by atoms with Crippen LogP contribution in [-0.2, 0) is 4.79 Å². The first-order valence-electron chi connectivity index (χ1n) is 8.89. The van der Waals surface area contributed by atoms with E-state index in [0.717, 1.165) is 46.9 Å². The fraction of sp³-hybridized carbons (Fsp3) is 0.316. The van der Waals surface area contributed by atoms with Crippen LogP contribution in [0, 0.1) is 0 Å². The van der Waals surface area contributed by atoms with Crippen molar-refractivity contribution < 1.29 is 9.59 Å². The average Bonchev–Trinajstić information content (AvgIpc) is 3.22. The molecule has 126 valence electrons. The number of nitrogens with one attached hydrogen (secondary N) is 1. The number of imide groups is 1. The Morgan fingerprint density at radius 1 is 1.04 bits per heavy atom. The fourth-order valence-corrected chi connectivity index (χ4v) is 9.36. The first-order chi connectivity index (χ1) is 12.2. The molecule has 2 saturated heterocycles. The summed E-state index contributed by atoms with van der Waals surface area (Å²) < 4.78 is 2.07. The largest absolute Gasteiger partial charge is 0.313 e. The molecule has 4 heterocycles. The van der Waals surface area contributed by atoms with Crippen LogP contribution in [0.15, 0.2) is 42.6 Å². The van der Waals surface area contributed by atoms with Gasteiger partial charge in [0.1, 0.15) is 11.7 Å². The van der Waals surface area contributed by atoms with Gasteiger partial charge in [0.15, 0.2) is 13.6 Å². The van der Waals surface area contributed by atoms with Crippen LogP contribution in [0.2, 0.25) is 18.1 Å². The van der Waals surface area contributed by atoms with Crippen LogP contribution < -0.4 is 5.32 Å². The second kappa shape index (κ2) is 5.26. The van der Waals surface area contributed by atoms with Crippen LogP contribution >= 0.6 is 0 Å². The molecule has 0 saturated carbocycles. The molecule has 1 spiro atoms. The lowest BCUT2D eigenvalue weighted by Crippen LogP contribution is -2.58. The van der Waals surface area contributed by atoms with Crippen LogP contribution in [0.5, 0.6) is 0 Å². The zero-order valence-corrected chi connectivity index (χ0v) is 14.9. The molecule has 2 amide bonds. The summed E-state index contributed by atoms with van der Waals surface area (Å²) in [6.07, 6.45) is 4.00. The van der Waals surface area contributed by atoms with Gasteiger partial charge in [-0.25, -0.2) is 4.98 Å². The second-order valence-electron chi connectivity index (χ2n) is 7.29. The van der Waals surface area contributed by atoms with Gasteiger partial charge in [0.2, 0.25) is 5.91 Å². The maximum Gasteiger partial charge on any atom is 0.249 e. The van der Waals surface area contributed by atoms with Crippen molar-refractivity contribution in [2.24, 2.45) is 0 Å². The first-order valence-corrected chi connectivity index (χ1v) is 11.5. The van der Waals surface area contributed by atoms with Crippen LogP contribution in [0.3, 0.4) is 0 Å². The summed E-state index contributed by atoms with van der Waals surface area (Å²) in [7, 11) is -2.08. The number of rotatable bonds is 1. The van der Waals surface area contributed by atoms with Crippen molar-refractivity contribution in [2.75, 3.05) is 0 Å². The molecule has 2 fully saturated rings. The van der Waals surface area contributed by atoms with E-state index in [2.05, 4.69) is 27.0 Å². The molecule has 1 unspecified atom stereocenters. The molecule has 0 bridgehead atoms. The number of aromatic nitrogens is 2. The van der Waals surface area contributed by atoms with Gasteiger partial charge < -0.3 is 4.57 Å². The SMILES string of the molecule is O=C1NC(=O)[Si]2(CCCC2)CC1n1c2ccccc2c2cccnc21. The molecule has 0 radical (unpaired) electrons. The predicted octanol–water partition coefficient (Wildman–Crippen LogP) is 3.80. The Balaban J connectivity index is 1.74. The molecule has 6 heteroatoms. The molecule has 5 rings (SSSR count). The standard InChI is InChI=1S/C19H19N3O2Si/c23-18-16(12-25(19(24)21-18)10-3-4-11-25)22-15-8-2-1-6-13(15)14-7-5-9-20-17(14)22/h1-2,5-9,16H,3-4,10-12H2,(H,21,23,24). The summed E-state index contributed by atoms with van der Waals surface area (Å²) in [5.41, 5.74) is 1.91. The lowest BCUT2D eigenvalue weighted by Gasteiger charge is -2.35. The summed E-state index contributed by atoms with van der Waals surface area (Å²) >= 11 is 0. The molecule has 1 aromatic carbocycles. The van der Waals surface area contributed by atoms with Crippen molar-refractivity contribution in [3.8, 4) is 0 Å². The van der Waals surface area contributed by atoms with Gasteiger partial charge in [-0.3, -0.25) is 14.9 Å². The average molecular weight is 349 g/mol. The highest BCUT2D eigenvalue weighted by Crippen LogP contribution is 2.42. The third kappa shape index (κ3) is 2.03. The number of hydrogen-bond acceptors (Lipinski definition) is 3. The topological polar surface area (TPSA) is 64.0 Å². The number of para-hydroxylation sites is 1. The van der Waals surface area contributed by atoms with E-state index < -0.39 is 8.07 Å². The number of benzene rings is 1. The van der Waals surface area contributed by atoms with Crippen LogP contribution in [0.4, 0.5) is 4.79 Å². The number of carbonyl (C=O) groups is 2. The third-order valence-electron chi connectivity index (χ3n) is 5.95. The lowest BCUT2D eigenvalue weighted by atomic mass is 10.2. The highest BCUT2D eigenvalue weighted by Gasteiger charge is 2.51. The van der Waals surface area contributed by atoms with E-state index in [1.54, 1.807) is 6.20 Å². The summed E-state index contributed by atoms with van der Waals surface area (Å²) in [4.78, 5) is 29.9. The number of nitrogens with zero attached hydrogens (tertiary/aromatic N) is 2. The van der Waals surface area contributed by atoms with Gasteiger partial charge in [-0.05, 0) is 36.3 Å². The Kier molecular flexibility index (Phi) is 3.12. The molecule has 5 nitrogen and oxygen atoms in total. The van der Waals surface area contributed by atoms with Gasteiger partial charge in [-0.2, -0.15) is 0 Å². The van der Waals surface area contributed by atoms with E-state index in [1.807, 2.05) is 24.3 Å². The van der Waals surface area contributed by atoms with E-state index in [4.69, 9.17) is 0 Å². The second-order valence-corrected chi connectivity index (χ2v) is 11.7. The quantitative estimate of drug-likeness (QED) is 0.680. The summed E-state index contributed by atoms with van der Waals surface area (Å²) in [6.45, 7) is 0. The van der Waals surface area contributed by atoms with Gasteiger partial charge in [-0.15, -0.1) is 0 Å². The van der Waals surface area contributed by atoms with Crippen molar-refractivity contribution in [3.63, 3.8) is 0 Å². The number of pyridine rings is 1. The monoisotopic (exact) mass is 349 g/mol. The summed E-state index contributed by atoms with van der Waals surface area (Å²) in [5, 5.41) is 4.88. The zero-order valence-electron chi connectivity index (χ0n) is 13.9.